The summed E-state index contributed by atoms with van der Waals surface area (Å²) in [6, 6.07) is 4.46. The molecule has 6 heteroatoms. The fraction of sp³-hybridized carbons (Fsp3) is 0.0909. The highest BCUT2D eigenvalue weighted by molar-refractivity contribution is 9.10. The molecule has 2 rings (SSSR count). The standard InChI is InChI=1S/C11H8BrClFNOS/c12-6-1-2-17-11(6)5-16-10-4-8(14)9(15)3-7(10)13/h1-4H,5,15H2. The van der Waals surface area contributed by atoms with Crippen LogP contribution in [0.4, 0.5) is 10.1 Å². The molecule has 0 aliphatic carbocycles. The van der Waals surface area contributed by atoms with Gasteiger partial charge in [0.2, 0.25) is 0 Å². The van der Waals surface area contributed by atoms with Crippen LogP contribution in [0.2, 0.25) is 5.02 Å². The highest BCUT2D eigenvalue weighted by atomic mass is 79.9. The lowest BCUT2D eigenvalue weighted by molar-refractivity contribution is 0.308. The van der Waals surface area contributed by atoms with E-state index < -0.39 is 5.82 Å². The Morgan fingerprint density at radius 1 is 1.47 bits per heavy atom. The van der Waals surface area contributed by atoms with E-state index in [9.17, 15) is 4.39 Å². The van der Waals surface area contributed by atoms with Crippen molar-refractivity contribution < 1.29 is 9.13 Å². The number of benzene rings is 1. The maximum atomic E-state index is 13.2. The van der Waals surface area contributed by atoms with E-state index in [-0.39, 0.29) is 5.69 Å². The summed E-state index contributed by atoms with van der Waals surface area (Å²) in [5, 5.41) is 2.24. The second kappa shape index (κ2) is 5.25. The van der Waals surface area contributed by atoms with Crippen LogP contribution in [-0.4, -0.2) is 0 Å². The molecule has 2 nitrogen and oxygen atoms in total. The van der Waals surface area contributed by atoms with Gasteiger partial charge in [0, 0.05) is 10.5 Å². The maximum absolute atomic E-state index is 13.2. The lowest BCUT2D eigenvalue weighted by Gasteiger charge is -2.08. The largest absolute Gasteiger partial charge is 0.486 e. The van der Waals surface area contributed by atoms with Crippen molar-refractivity contribution in [3.05, 3.63) is 43.8 Å². The van der Waals surface area contributed by atoms with Crippen LogP contribution in [0.25, 0.3) is 0 Å². The van der Waals surface area contributed by atoms with Crippen LogP contribution < -0.4 is 10.5 Å². The third-order valence-electron chi connectivity index (χ3n) is 2.10. The Balaban J connectivity index is 2.14. The summed E-state index contributed by atoms with van der Waals surface area (Å²) in [5.41, 5.74) is 5.40. The number of halogens is 3. The van der Waals surface area contributed by atoms with Crippen molar-refractivity contribution in [1.29, 1.82) is 0 Å². The lowest BCUT2D eigenvalue weighted by Crippen LogP contribution is -1.97. The average molecular weight is 337 g/mol. The van der Waals surface area contributed by atoms with Gasteiger partial charge in [-0.15, -0.1) is 11.3 Å². The zero-order chi connectivity index (χ0) is 12.4. The fourth-order valence-electron chi connectivity index (χ4n) is 1.23. The molecule has 17 heavy (non-hydrogen) atoms. The summed E-state index contributed by atoms with van der Waals surface area (Å²) in [6.45, 7) is 0.335. The number of anilines is 1. The zero-order valence-electron chi connectivity index (χ0n) is 8.54. The first-order valence-electron chi connectivity index (χ1n) is 4.67. The van der Waals surface area contributed by atoms with E-state index in [1.54, 1.807) is 11.3 Å². The van der Waals surface area contributed by atoms with Crippen LogP contribution in [0, 0.1) is 5.82 Å². The molecular formula is C11H8BrClFNOS. The molecule has 90 valence electrons. The van der Waals surface area contributed by atoms with Crippen LogP contribution in [-0.2, 0) is 6.61 Å². The quantitative estimate of drug-likeness (QED) is 0.840. The number of ether oxygens (including phenoxy) is 1. The molecule has 0 fully saturated rings. The molecule has 1 heterocycles. The fourth-order valence-corrected chi connectivity index (χ4v) is 2.83. The van der Waals surface area contributed by atoms with Crippen LogP contribution in [0.3, 0.4) is 0 Å². The Morgan fingerprint density at radius 3 is 2.88 bits per heavy atom. The third kappa shape index (κ3) is 2.91. The van der Waals surface area contributed by atoms with E-state index in [0.29, 0.717) is 17.4 Å². The van der Waals surface area contributed by atoms with E-state index in [0.717, 1.165) is 9.35 Å². The summed E-state index contributed by atoms with van der Waals surface area (Å²) in [4.78, 5) is 1.01. The number of hydrogen-bond acceptors (Lipinski definition) is 3. The first-order valence-corrected chi connectivity index (χ1v) is 6.72. The first-order chi connectivity index (χ1) is 8.08. The van der Waals surface area contributed by atoms with Gasteiger partial charge in [0.25, 0.3) is 0 Å². The molecule has 0 amide bonds. The third-order valence-corrected chi connectivity index (χ3v) is 4.30. The van der Waals surface area contributed by atoms with Gasteiger partial charge in [0.1, 0.15) is 18.2 Å². The predicted molar refractivity (Wildman–Crippen MR) is 72.2 cm³/mol. The van der Waals surface area contributed by atoms with Gasteiger partial charge in [0.05, 0.1) is 15.6 Å². The van der Waals surface area contributed by atoms with Gasteiger partial charge in [-0.25, -0.2) is 4.39 Å². The maximum Gasteiger partial charge on any atom is 0.149 e. The van der Waals surface area contributed by atoms with Crippen molar-refractivity contribution in [2.45, 2.75) is 6.61 Å². The molecule has 0 saturated carbocycles. The SMILES string of the molecule is Nc1cc(Cl)c(OCc2sccc2Br)cc1F. The van der Waals surface area contributed by atoms with Crippen LogP contribution in [0.1, 0.15) is 4.88 Å². The number of thiophene rings is 1. The number of rotatable bonds is 3. The summed E-state index contributed by atoms with van der Waals surface area (Å²) in [6.07, 6.45) is 0. The van der Waals surface area contributed by atoms with Gasteiger partial charge in [-0.1, -0.05) is 11.6 Å². The van der Waals surface area contributed by atoms with Crippen molar-refractivity contribution in [3.63, 3.8) is 0 Å². The van der Waals surface area contributed by atoms with E-state index in [2.05, 4.69) is 15.9 Å². The van der Waals surface area contributed by atoms with Gasteiger partial charge < -0.3 is 10.5 Å². The molecule has 0 bridgehead atoms. The Hall–Kier alpha value is -0.780. The second-order valence-corrected chi connectivity index (χ2v) is 5.55. The predicted octanol–water partition coefficient (Wildman–Crippen LogP) is 4.46. The van der Waals surface area contributed by atoms with E-state index in [4.69, 9.17) is 22.1 Å². The molecule has 1 aromatic carbocycles. The molecule has 0 radical (unpaired) electrons. The molecule has 2 aromatic rings. The number of nitrogen functional groups attached to an aromatic ring is 1. The number of hydrogen-bond donors (Lipinski definition) is 1. The van der Waals surface area contributed by atoms with Crippen LogP contribution >= 0.6 is 38.9 Å². The minimum absolute atomic E-state index is 0.0136. The van der Waals surface area contributed by atoms with Gasteiger partial charge in [-0.2, -0.15) is 0 Å². The van der Waals surface area contributed by atoms with Crippen molar-refractivity contribution in [2.24, 2.45) is 0 Å². The van der Waals surface area contributed by atoms with Crippen molar-refractivity contribution >= 4 is 44.6 Å². The highest BCUT2D eigenvalue weighted by Crippen LogP contribution is 2.31. The highest BCUT2D eigenvalue weighted by Gasteiger charge is 2.09. The van der Waals surface area contributed by atoms with Gasteiger partial charge >= 0.3 is 0 Å². The Kier molecular flexibility index (Phi) is 3.91. The molecular weight excluding hydrogens is 329 g/mol. The van der Waals surface area contributed by atoms with Gasteiger partial charge in [-0.3, -0.25) is 0 Å². The Bertz CT molecular complexity index is 546. The summed E-state index contributed by atoms with van der Waals surface area (Å²) < 4.78 is 19.7. The van der Waals surface area contributed by atoms with Crippen molar-refractivity contribution in [1.82, 2.24) is 0 Å². The molecule has 0 unspecified atom stereocenters. The van der Waals surface area contributed by atoms with E-state index in [1.807, 2.05) is 11.4 Å². The van der Waals surface area contributed by atoms with Crippen LogP contribution in [0.5, 0.6) is 5.75 Å². The molecule has 0 atom stereocenters. The molecule has 0 spiro atoms. The molecule has 0 aliphatic rings. The van der Waals surface area contributed by atoms with Gasteiger partial charge in [0.15, 0.2) is 0 Å². The number of nitrogens with two attached hydrogens (primary N) is 1. The van der Waals surface area contributed by atoms with Crippen molar-refractivity contribution in [2.75, 3.05) is 5.73 Å². The molecule has 0 aliphatic heterocycles. The molecule has 1 aromatic heterocycles. The van der Waals surface area contributed by atoms with E-state index in [1.165, 1.54) is 12.1 Å². The summed E-state index contributed by atoms with van der Waals surface area (Å²) >= 11 is 10.8. The molecule has 2 N–H and O–H groups in total. The van der Waals surface area contributed by atoms with Gasteiger partial charge in [-0.05, 0) is 33.4 Å². The Labute approximate surface area is 115 Å². The minimum atomic E-state index is -0.533. The topological polar surface area (TPSA) is 35.2 Å². The first kappa shape index (κ1) is 12.7. The second-order valence-electron chi connectivity index (χ2n) is 3.28. The van der Waals surface area contributed by atoms with E-state index >= 15 is 0 Å². The molecule has 0 saturated heterocycles. The normalized spacial score (nSPS) is 10.5. The smallest absolute Gasteiger partial charge is 0.149 e. The monoisotopic (exact) mass is 335 g/mol. The summed E-state index contributed by atoms with van der Waals surface area (Å²) in [7, 11) is 0. The zero-order valence-corrected chi connectivity index (χ0v) is 11.7. The lowest BCUT2D eigenvalue weighted by atomic mass is 10.3. The minimum Gasteiger partial charge on any atom is -0.486 e. The van der Waals surface area contributed by atoms with Crippen LogP contribution in [0.15, 0.2) is 28.1 Å². The average Bonchev–Trinajstić information content (AvgIpc) is 2.68. The van der Waals surface area contributed by atoms with Crippen molar-refractivity contribution in [3.8, 4) is 5.75 Å². The Morgan fingerprint density at radius 2 is 2.24 bits per heavy atom. The summed E-state index contributed by atoms with van der Waals surface area (Å²) in [5.74, 6) is -0.242.